The highest BCUT2D eigenvalue weighted by Crippen LogP contribution is 2.39. The number of pyridine rings is 1. The lowest BCUT2D eigenvalue weighted by Crippen LogP contribution is -2.41. The first-order valence-electron chi connectivity index (χ1n) is 12.6. The van der Waals surface area contributed by atoms with E-state index in [4.69, 9.17) is 17.0 Å². The van der Waals surface area contributed by atoms with Gasteiger partial charge in [-0.25, -0.2) is 8.42 Å². The van der Waals surface area contributed by atoms with E-state index in [1.165, 1.54) is 9.47 Å². The molecule has 1 amide bonds. The van der Waals surface area contributed by atoms with E-state index < -0.39 is 21.4 Å². The number of anilines is 1. The van der Waals surface area contributed by atoms with Crippen LogP contribution in [0.1, 0.15) is 49.8 Å². The van der Waals surface area contributed by atoms with Crippen LogP contribution in [0.5, 0.6) is 0 Å². The van der Waals surface area contributed by atoms with E-state index in [0.717, 1.165) is 11.8 Å². The van der Waals surface area contributed by atoms with Crippen molar-refractivity contribution in [2.75, 3.05) is 36.1 Å². The van der Waals surface area contributed by atoms with Crippen LogP contribution >= 0.6 is 24.0 Å². The molecule has 1 aromatic heterocycles. The SMILES string of the molecule is CCOC(=O)C1CCN(c2c(/C=C3\SC(=S)N(C4CCS(=O)(=O)C4)C3=O)c(C)c(C#N)c(=O)n2CC)CC1. The first-order valence-corrected chi connectivity index (χ1v) is 15.6. The van der Waals surface area contributed by atoms with Gasteiger partial charge in [-0.15, -0.1) is 0 Å². The quantitative estimate of drug-likeness (QED) is 0.281. The van der Waals surface area contributed by atoms with Crippen LogP contribution in [-0.4, -0.2) is 71.3 Å². The summed E-state index contributed by atoms with van der Waals surface area (Å²) < 4.78 is 31.1. The number of carbonyl (C=O) groups is 2. The fraction of sp³-hybridized carbons (Fsp3) is 0.560. The predicted molar refractivity (Wildman–Crippen MR) is 149 cm³/mol. The molecule has 13 heteroatoms. The highest BCUT2D eigenvalue weighted by molar-refractivity contribution is 8.26. The van der Waals surface area contributed by atoms with Crippen LogP contribution in [0.3, 0.4) is 0 Å². The topological polar surface area (TPSA) is 130 Å². The maximum absolute atomic E-state index is 13.4. The fourth-order valence-electron chi connectivity index (χ4n) is 5.27. The van der Waals surface area contributed by atoms with Gasteiger partial charge in [0.05, 0.1) is 35.0 Å². The zero-order valence-electron chi connectivity index (χ0n) is 21.6. The second-order valence-corrected chi connectivity index (χ2v) is 13.4. The molecule has 10 nitrogen and oxygen atoms in total. The van der Waals surface area contributed by atoms with Gasteiger partial charge in [-0.2, -0.15) is 5.26 Å². The molecule has 0 spiro atoms. The van der Waals surface area contributed by atoms with E-state index >= 15 is 0 Å². The molecule has 0 radical (unpaired) electrons. The molecule has 0 saturated carbocycles. The summed E-state index contributed by atoms with van der Waals surface area (Å²) in [4.78, 5) is 42.6. The van der Waals surface area contributed by atoms with Gasteiger partial charge in [-0.1, -0.05) is 24.0 Å². The zero-order valence-corrected chi connectivity index (χ0v) is 24.0. The minimum absolute atomic E-state index is 0.000578. The lowest BCUT2D eigenvalue weighted by molar-refractivity contribution is -0.148. The molecule has 3 aliphatic heterocycles. The van der Waals surface area contributed by atoms with Crippen LogP contribution in [0, 0.1) is 24.2 Å². The third-order valence-electron chi connectivity index (χ3n) is 7.25. The molecule has 38 heavy (non-hydrogen) atoms. The number of ether oxygens (including phenoxy) is 1. The molecule has 4 rings (SSSR count). The third kappa shape index (κ3) is 5.26. The molecule has 1 aromatic rings. The lowest BCUT2D eigenvalue weighted by atomic mass is 9.95. The van der Waals surface area contributed by atoms with Crippen molar-refractivity contribution in [1.82, 2.24) is 9.47 Å². The number of thioether (sulfide) groups is 1. The number of amides is 1. The molecule has 0 N–H and O–H groups in total. The van der Waals surface area contributed by atoms with Crippen molar-refractivity contribution in [3.05, 3.63) is 31.9 Å². The number of esters is 1. The first kappa shape index (κ1) is 28.3. The van der Waals surface area contributed by atoms with E-state index in [0.29, 0.717) is 71.7 Å². The second-order valence-electron chi connectivity index (χ2n) is 9.52. The molecular formula is C25H30N4O6S3. The van der Waals surface area contributed by atoms with E-state index in [9.17, 15) is 28.1 Å². The first-order chi connectivity index (χ1) is 18.0. The highest BCUT2D eigenvalue weighted by atomic mass is 32.2. The Morgan fingerprint density at radius 1 is 1.24 bits per heavy atom. The average molecular weight is 579 g/mol. The maximum Gasteiger partial charge on any atom is 0.309 e. The van der Waals surface area contributed by atoms with Gasteiger partial charge in [-0.3, -0.25) is 23.9 Å². The predicted octanol–water partition coefficient (Wildman–Crippen LogP) is 2.22. The van der Waals surface area contributed by atoms with Gasteiger partial charge in [0, 0.05) is 25.2 Å². The number of hydrogen-bond acceptors (Lipinski definition) is 10. The van der Waals surface area contributed by atoms with Gasteiger partial charge < -0.3 is 9.64 Å². The summed E-state index contributed by atoms with van der Waals surface area (Å²) in [6.45, 7) is 6.89. The molecule has 3 fully saturated rings. The summed E-state index contributed by atoms with van der Waals surface area (Å²) in [5.41, 5.74) is 0.618. The largest absolute Gasteiger partial charge is 0.466 e. The van der Waals surface area contributed by atoms with Gasteiger partial charge in [-0.05, 0) is 51.7 Å². The third-order valence-corrected chi connectivity index (χ3v) is 10.3. The molecule has 3 aliphatic rings. The number of nitriles is 1. The Morgan fingerprint density at radius 3 is 2.47 bits per heavy atom. The number of piperidine rings is 1. The summed E-state index contributed by atoms with van der Waals surface area (Å²) in [5.74, 6) is -0.340. The van der Waals surface area contributed by atoms with Crippen molar-refractivity contribution in [3.63, 3.8) is 0 Å². The van der Waals surface area contributed by atoms with Gasteiger partial charge >= 0.3 is 5.97 Å². The molecule has 1 atom stereocenters. The molecule has 3 saturated heterocycles. The highest BCUT2D eigenvalue weighted by Gasteiger charge is 2.42. The molecule has 204 valence electrons. The van der Waals surface area contributed by atoms with Crippen molar-refractivity contribution in [2.45, 2.75) is 52.6 Å². The fourth-order valence-corrected chi connectivity index (χ4v) is 8.35. The van der Waals surface area contributed by atoms with Crippen LogP contribution in [0.2, 0.25) is 0 Å². The number of rotatable bonds is 6. The van der Waals surface area contributed by atoms with Gasteiger partial charge in [0.1, 0.15) is 21.8 Å². The van der Waals surface area contributed by atoms with Crippen LogP contribution in [-0.2, 0) is 30.7 Å². The van der Waals surface area contributed by atoms with Crippen molar-refractivity contribution >= 4 is 61.9 Å². The van der Waals surface area contributed by atoms with E-state index in [1.807, 2.05) is 17.9 Å². The summed E-state index contributed by atoms with van der Waals surface area (Å²) in [7, 11) is -3.22. The minimum Gasteiger partial charge on any atom is -0.466 e. The Kier molecular flexibility index (Phi) is 8.34. The van der Waals surface area contributed by atoms with E-state index in [1.54, 1.807) is 19.9 Å². The maximum atomic E-state index is 13.4. The normalized spacial score (nSPS) is 22.8. The van der Waals surface area contributed by atoms with E-state index in [-0.39, 0.29) is 34.9 Å². The number of carbonyl (C=O) groups excluding carboxylic acids is 2. The molecule has 4 heterocycles. The molecule has 0 aromatic carbocycles. The van der Waals surface area contributed by atoms with Crippen molar-refractivity contribution in [1.29, 1.82) is 5.26 Å². The summed E-state index contributed by atoms with van der Waals surface area (Å²) in [5, 5.41) is 9.77. The van der Waals surface area contributed by atoms with E-state index in [2.05, 4.69) is 0 Å². The zero-order chi connectivity index (χ0) is 27.8. The van der Waals surface area contributed by atoms with Crippen molar-refractivity contribution < 1.29 is 22.7 Å². The number of hydrogen-bond donors (Lipinski definition) is 0. The number of aromatic nitrogens is 1. The minimum atomic E-state index is -3.22. The van der Waals surface area contributed by atoms with Gasteiger partial charge in [0.25, 0.3) is 11.5 Å². The lowest BCUT2D eigenvalue weighted by Gasteiger charge is -2.35. The van der Waals surface area contributed by atoms with Crippen LogP contribution in [0.25, 0.3) is 6.08 Å². The summed E-state index contributed by atoms with van der Waals surface area (Å²) >= 11 is 6.55. The second kappa shape index (κ2) is 11.2. The summed E-state index contributed by atoms with van der Waals surface area (Å²) in [6, 6.07) is 1.52. The van der Waals surface area contributed by atoms with Crippen LogP contribution in [0.15, 0.2) is 9.70 Å². The van der Waals surface area contributed by atoms with Crippen molar-refractivity contribution in [3.8, 4) is 6.07 Å². The Morgan fingerprint density at radius 2 is 1.92 bits per heavy atom. The molecular weight excluding hydrogens is 548 g/mol. The molecule has 1 unspecified atom stereocenters. The van der Waals surface area contributed by atoms with Crippen LogP contribution in [0.4, 0.5) is 5.82 Å². The monoisotopic (exact) mass is 578 g/mol. The summed E-state index contributed by atoms with van der Waals surface area (Å²) in [6.07, 6.45) is 3.10. The Balaban J connectivity index is 1.75. The van der Waals surface area contributed by atoms with Gasteiger partial charge in [0.15, 0.2) is 9.84 Å². The van der Waals surface area contributed by atoms with Crippen molar-refractivity contribution in [2.24, 2.45) is 5.92 Å². The smallest absolute Gasteiger partial charge is 0.309 e. The standard InChI is InChI=1S/C25H30N4O6S3/c1-4-28-21(27-9-6-16(7-10-27)24(32)35-5-2)18(15(3)19(13-26)22(28)30)12-20-23(31)29(25(36)37-20)17-8-11-38(33,34)14-17/h12,16-17H,4-11,14H2,1-3H3/b20-12-. The number of nitrogens with zero attached hydrogens (tertiary/aromatic N) is 4. The average Bonchev–Trinajstić information content (AvgIpc) is 3.37. The van der Waals surface area contributed by atoms with Gasteiger partial charge in [0.2, 0.25) is 0 Å². The number of thiocarbonyl (C=S) groups is 1. The Hall–Kier alpha value is -2.69. The Bertz CT molecular complexity index is 1420. The molecule has 0 aliphatic carbocycles. The number of sulfone groups is 1. The Labute approximate surface area is 231 Å². The molecule has 0 bridgehead atoms. The van der Waals surface area contributed by atoms with Crippen LogP contribution < -0.4 is 10.5 Å².